The monoisotopic (exact) mass is 766 g/mol. The van der Waals surface area contributed by atoms with Gasteiger partial charge < -0.3 is 20.1 Å². The van der Waals surface area contributed by atoms with Gasteiger partial charge in [-0.2, -0.15) is 0 Å². The molecule has 3 N–H and O–H groups in total. The molecule has 0 fully saturated rings. The Hall–Kier alpha value is -2.29. The van der Waals surface area contributed by atoms with Gasteiger partial charge in [0.1, 0.15) is 6.61 Å². The van der Waals surface area contributed by atoms with Gasteiger partial charge in [0.2, 0.25) is 0 Å². The fourth-order valence-corrected chi connectivity index (χ4v) is 6.15. The Morgan fingerprint density at radius 1 is 0.642 bits per heavy atom. The summed E-state index contributed by atoms with van der Waals surface area (Å²) in [5, 5.41) is 0. The molecule has 2 atom stereocenters. The van der Waals surface area contributed by atoms with E-state index in [4.69, 9.17) is 24.3 Å². The Balaban J connectivity index is 4.32. The number of rotatable bonds is 39. The summed E-state index contributed by atoms with van der Waals surface area (Å²) in [5.74, 6) is -0.639. The number of hydrogen-bond donors (Lipinski definition) is 2. The number of nitrogens with two attached hydrogens (primary N) is 1. The van der Waals surface area contributed by atoms with E-state index in [1.807, 2.05) is 18.2 Å². The maximum atomic E-state index is 12.5. The molecule has 0 aromatic heterocycles. The third kappa shape index (κ3) is 39.2. The minimum Gasteiger partial charge on any atom is -0.498 e. The first kappa shape index (κ1) is 50.7. The molecule has 0 bridgehead atoms. The molecule has 0 heterocycles. The van der Waals surface area contributed by atoms with Crippen LogP contribution in [0.3, 0.4) is 0 Å². The van der Waals surface area contributed by atoms with Gasteiger partial charge in [-0.25, -0.2) is 4.57 Å². The molecule has 0 amide bonds. The Kier molecular flexibility index (Phi) is 37.7. The first-order chi connectivity index (χ1) is 25.8. The van der Waals surface area contributed by atoms with Gasteiger partial charge in [0, 0.05) is 19.4 Å². The van der Waals surface area contributed by atoms with Gasteiger partial charge in [-0.3, -0.25) is 18.6 Å². The van der Waals surface area contributed by atoms with Crippen LogP contribution < -0.4 is 5.73 Å². The smallest absolute Gasteiger partial charge is 0.472 e. The zero-order chi connectivity index (χ0) is 38.9. The van der Waals surface area contributed by atoms with E-state index in [1.54, 1.807) is 12.3 Å². The highest BCUT2D eigenvalue weighted by Crippen LogP contribution is 2.43. The number of unbranched alkanes of at least 4 members (excludes halogenated alkanes) is 17. The molecule has 0 aromatic rings. The number of esters is 1. The van der Waals surface area contributed by atoms with Crippen LogP contribution in [0.2, 0.25) is 0 Å². The Morgan fingerprint density at radius 3 is 1.83 bits per heavy atom. The van der Waals surface area contributed by atoms with Crippen molar-refractivity contribution in [1.82, 2.24) is 0 Å². The van der Waals surface area contributed by atoms with Crippen molar-refractivity contribution in [2.24, 2.45) is 5.73 Å². The van der Waals surface area contributed by atoms with Crippen LogP contribution in [0, 0.1) is 0 Å². The van der Waals surface area contributed by atoms with Gasteiger partial charge in [-0.1, -0.05) is 153 Å². The van der Waals surface area contributed by atoms with E-state index in [0.29, 0.717) is 6.42 Å². The topological polar surface area (TPSA) is 134 Å². The second kappa shape index (κ2) is 39.4. The van der Waals surface area contributed by atoms with Crippen molar-refractivity contribution in [3.05, 3.63) is 60.9 Å². The lowest BCUT2D eigenvalue weighted by molar-refractivity contribution is -0.153. The van der Waals surface area contributed by atoms with E-state index in [2.05, 4.69) is 38.2 Å². The van der Waals surface area contributed by atoms with Crippen LogP contribution in [0.1, 0.15) is 168 Å². The van der Waals surface area contributed by atoms with Crippen LogP contribution in [0.15, 0.2) is 60.9 Å². The highest BCUT2D eigenvalue weighted by molar-refractivity contribution is 7.47. The van der Waals surface area contributed by atoms with Crippen molar-refractivity contribution in [2.45, 2.75) is 174 Å². The quantitative estimate of drug-likeness (QED) is 0.0119. The van der Waals surface area contributed by atoms with Crippen LogP contribution >= 0.6 is 7.82 Å². The molecule has 0 radical (unpaired) electrons. The van der Waals surface area contributed by atoms with Crippen molar-refractivity contribution < 1.29 is 37.6 Å². The third-order valence-corrected chi connectivity index (χ3v) is 9.46. The Bertz CT molecular complexity index is 1050. The van der Waals surface area contributed by atoms with Crippen molar-refractivity contribution in [1.29, 1.82) is 0 Å². The zero-order valence-electron chi connectivity index (χ0n) is 33.5. The van der Waals surface area contributed by atoms with E-state index >= 15 is 0 Å². The summed E-state index contributed by atoms with van der Waals surface area (Å²) in [6.45, 7) is 3.92. The van der Waals surface area contributed by atoms with E-state index < -0.39 is 26.5 Å². The minimum atomic E-state index is -4.36. The van der Waals surface area contributed by atoms with Gasteiger partial charge in [-0.15, -0.1) is 0 Å². The molecule has 0 saturated heterocycles. The molecule has 0 rings (SSSR count). The van der Waals surface area contributed by atoms with Gasteiger partial charge in [0.05, 0.1) is 19.5 Å². The maximum Gasteiger partial charge on any atom is 0.472 e. The molecule has 0 aliphatic heterocycles. The first-order valence-electron chi connectivity index (χ1n) is 20.8. The number of phosphoric acid groups is 1. The predicted octanol–water partition coefficient (Wildman–Crippen LogP) is 11.7. The molecule has 53 heavy (non-hydrogen) atoms. The molecule has 0 aliphatic carbocycles. The van der Waals surface area contributed by atoms with E-state index in [0.717, 1.165) is 32.1 Å². The average molecular weight is 766 g/mol. The van der Waals surface area contributed by atoms with Gasteiger partial charge in [-0.05, 0) is 57.1 Å². The first-order valence-corrected chi connectivity index (χ1v) is 22.3. The minimum absolute atomic E-state index is 0.0131. The van der Waals surface area contributed by atoms with Crippen LogP contribution in [0.4, 0.5) is 0 Å². The van der Waals surface area contributed by atoms with Crippen LogP contribution in [-0.4, -0.2) is 49.1 Å². The number of ketones is 1. The summed E-state index contributed by atoms with van der Waals surface area (Å²) in [7, 11) is -4.36. The molecule has 0 spiro atoms. The summed E-state index contributed by atoms with van der Waals surface area (Å²) < 4.78 is 32.9. The van der Waals surface area contributed by atoms with Gasteiger partial charge in [0.25, 0.3) is 0 Å². The van der Waals surface area contributed by atoms with Crippen LogP contribution in [0.5, 0.6) is 0 Å². The normalized spacial score (nSPS) is 14.0. The number of carbonyl (C=O) groups excluding carboxylic acids is 2. The van der Waals surface area contributed by atoms with Crippen molar-refractivity contribution in [3.63, 3.8) is 0 Å². The van der Waals surface area contributed by atoms with E-state index in [-0.39, 0.29) is 38.4 Å². The zero-order valence-corrected chi connectivity index (χ0v) is 34.4. The number of phosphoric ester groups is 1. The van der Waals surface area contributed by atoms with Crippen molar-refractivity contribution >= 4 is 19.6 Å². The Labute approximate surface area is 323 Å². The lowest BCUT2D eigenvalue weighted by Gasteiger charge is -2.19. The summed E-state index contributed by atoms with van der Waals surface area (Å²) in [5.41, 5.74) is 5.34. The fourth-order valence-electron chi connectivity index (χ4n) is 5.39. The third-order valence-electron chi connectivity index (χ3n) is 8.48. The van der Waals surface area contributed by atoms with Crippen LogP contribution in [-0.2, 0) is 32.7 Å². The summed E-state index contributed by atoms with van der Waals surface area (Å²) >= 11 is 0. The number of carbonyl (C=O) groups is 2. The van der Waals surface area contributed by atoms with Gasteiger partial charge in [0.15, 0.2) is 11.9 Å². The molecular weight excluding hydrogens is 689 g/mol. The highest BCUT2D eigenvalue weighted by atomic mass is 31.2. The van der Waals surface area contributed by atoms with E-state index in [9.17, 15) is 19.0 Å². The average Bonchev–Trinajstić information content (AvgIpc) is 3.14. The molecule has 1 unspecified atom stereocenters. The van der Waals surface area contributed by atoms with Crippen LogP contribution in [0.25, 0.3) is 0 Å². The summed E-state index contributed by atoms with van der Waals surface area (Å²) in [4.78, 5) is 34.6. The SMILES string of the molecule is CCCCC/C=C\C/C=C\C/C=C\C=C\C(=O)CCCC(=O)O[C@H](CO/C=C/CCCCCCCCCCCCCCCC)COP(=O)(O)OCCN. The van der Waals surface area contributed by atoms with Crippen molar-refractivity contribution in [3.8, 4) is 0 Å². The molecule has 10 heteroatoms. The summed E-state index contributed by atoms with van der Waals surface area (Å²) in [6.07, 6.45) is 44.7. The van der Waals surface area contributed by atoms with E-state index in [1.165, 1.54) is 109 Å². The molecule has 0 saturated carbocycles. The summed E-state index contributed by atoms with van der Waals surface area (Å²) in [6, 6.07) is 0. The van der Waals surface area contributed by atoms with Crippen molar-refractivity contribution in [2.75, 3.05) is 26.4 Å². The predicted molar refractivity (Wildman–Crippen MR) is 219 cm³/mol. The Morgan fingerprint density at radius 2 is 1.19 bits per heavy atom. The maximum absolute atomic E-state index is 12.5. The molecule has 306 valence electrons. The standard InChI is InChI=1S/C43H76NO8P/c1-3-5-7-9-11-13-15-17-18-19-21-23-25-27-29-31-37-49-39-42(40-51-53(47,48)50-38-36-44)52-43(46)35-32-34-41(45)33-30-28-26-24-22-20-16-14-12-10-8-6-4-2/h12,14,20,22,26,28,30-31,33,37,42H,3-11,13,15-19,21,23-25,27,29,32,34-36,38-40,44H2,1-2H3,(H,47,48)/b14-12-,22-20-,28-26-,33-30+,37-31+/t42-/m1/s1. The highest BCUT2D eigenvalue weighted by Gasteiger charge is 2.25. The number of allylic oxidation sites excluding steroid dienone is 9. The lowest BCUT2D eigenvalue weighted by atomic mass is 10.0. The number of ether oxygens (including phenoxy) is 2. The number of hydrogen-bond acceptors (Lipinski definition) is 8. The largest absolute Gasteiger partial charge is 0.498 e. The lowest BCUT2D eigenvalue weighted by Crippen LogP contribution is -2.28. The molecule has 0 aromatic carbocycles. The van der Waals surface area contributed by atoms with Gasteiger partial charge >= 0.3 is 13.8 Å². The molecule has 0 aliphatic rings. The second-order valence-corrected chi connectivity index (χ2v) is 15.1. The molecular formula is C43H76NO8P. The second-order valence-electron chi connectivity index (χ2n) is 13.6. The molecule has 9 nitrogen and oxygen atoms in total. The fraction of sp³-hybridized carbons (Fsp3) is 0.721.